The summed E-state index contributed by atoms with van der Waals surface area (Å²) in [7, 11) is 4.05. The number of rotatable bonds is 38. The fourth-order valence-electron chi connectivity index (χ4n) is 7.85. The zero-order chi connectivity index (χ0) is 41.3. The quantitative estimate of drug-likeness (QED) is 0.0350. The predicted molar refractivity (Wildman–Crippen MR) is 232 cm³/mol. The molecule has 0 radical (unpaired) electrons. The summed E-state index contributed by atoms with van der Waals surface area (Å²) >= 11 is 0. The molecule has 0 saturated carbocycles. The van der Waals surface area contributed by atoms with Crippen molar-refractivity contribution in [2.75, 3.05) is 33.9 Å². The van der Waals surface area contributed by atoms with Crippen LogP contribution in [0.5, 0.6) is 0 Å². The molecule has 0 aliphatic carbocycles. The monoisotopic (exact) mass is 780 g/mol. The summed E-state index contributed by atoms with van der Waals surface area (Å²) in [6.07, 6.45) is 24.8. The number of ether oxygens (including phenoxy) is 3. The molecule has 0 amide bonds. The molecular formula is C48H93NO6. The highest BCUT2D eigenvalue weighted by Gasteiger charge is 2.19. The highest BCUT2D eigenvalue weighted by Crippen LogP contribution is 2.29. The summed E-state index contributed by atoms with van der Waals surface area (Å²) in [6, 6.07) is 0. The Morgan fingerprint density at radius 2 is 0.982 bits per heavy atom. The third-order valence-corrected chi connectivity index (χ3v) is 11.8. The van der Waals surface area contributed by atoms with Crippen LogP contribution in [0.2, 0.25) is 0 Å². The Balaban J connectivity index is 4.22. The van der Waals surface area contributed by atoms with Crippen LogP contribution in [0.3, 0.4) is 0 Å². The van der Waals surface area contributed by atoms with Crippen LogP contribution in [-0.2, 0) is 28.6 Å². The van der Waals surface area contributed by atoms with Crippen molar-refractivity contribution in [2.24, 2.45) is 35.5 Å². The van der Waals surface area contributed by atoms with Crippen LogP contribution in [0.1, 0.15) is 216 Å². The van der Waals surface area contributed by atoms with Gasteiger partial charge in [0.15, 0.2) is 0 Å². The number of hydrogen-bond acceptors (Lipinski definition) is 7. The van der Waals surface area contributed by atoms with E-state index in [4.69, 9.17) is 14.2 Å². The highest BCUT2D eigenvalue weighted by molar-refractivity contribution is 5.70. The molecule has 0 aromatic carbocycles. The second kappa shape index (κ2) is 35.5. The van der Waals surface area contributed by atoms with Crippen molar-refractivity contribution in [1.29, 1.82) is 0 Å². The summed E-state index contributed by atoms with van der Waals surface area (Å²) in [5, 5.41) is 0. The van der Waals surface area contributed by atoms with Crippen molar-refractivity contribution in [3.05, 3.63) is 0 Å². The van der Waals surface area contributed by atoms with E-state index in [-0.39, 0.29) is 24.0 Å². The van der Waals surface area contributed by atoms with Gasteiger partial charge in [-0.1, -0.05) is 120 Å². The molecule has 4 atom stereocenters. The minimum absolute atomic E-state index is 0.0243. The van der Waals surface area contributed by atoms with Gasteiger partial charge in [-0.2, -0.15) is 0 Å². The van der Waals surface area contributed by atoms with Crippen molar-refractivity contribution >= 4 is 17.9 Å². The largest absolute Gasteiger partial charge is 0.466 e. The molecule has 0 N–H and O–H groups in total. The smallest absolute Gasteiger partial charge is 0.306 e. The van der Waals surface area contributed by atoms with Gasteiger partial charge in [0.25, 0.3) is 0 Å². The lowest BCUT2D eigenvalue weighted by Gasteiger charge is -2.26. The van der Waals surface area contributed by atoms with Gasteiger partial charge in [-0.15, -0.1) is 0 Å². The molecular weight excluding hydrogens is 687 g/mol. The van der Waals surface area contributed by atoms with Gasteiger partial charge in [-0.25, -0.2) is 0 Å². The lowest BCUT2D eigenvalue weighted by molar-refractivity contribution is -0.150. The standard InChI is InChI=1S/C48H93NO6/c1-11-42(8)45(41(6)7)30-21-18-24-37-53-46(50)31-22-16-12-14-19-28-44(55-48(52)33-25-36-49(9)10)29-20-15-13-17-23-32-47(51)54-38-26-27-43(40(4)5)35-34-39(2)3/h39-45H,11-38H2,1-10H3. The lowest BCUT2D eigenvalue weighted by atomic mass is 9.79. The zero-order valence-electron chi connectivity index (χ0n) is 38.2. The van der Waals surface area contributed by atoms with Crippen LogP contribution in [0.15, 0.2) is 0 Å². The molecule has 0 rings (SSSR count). The number of unbranched alkanes of at least 4 members (excludes halogenated alkanes) is 10. The van der Waals surface area contributed by atoms with Gasteiger partial charge < -0.3 is 19.1 Å². The second-order valence-corrected chi connectivity index (χ2v) is 18.3. The van der Waals surface area contributed by atoms with E-state index in [0.29, 0.717) is 44.3 Å². The fraction of sp³-hybridized carbons (Fsp3) is 0.938. The Morgan fingerprint density at radius 3 is 1.49 bits per heavy atom. The van der Waals surface area contributed by atoms with Crippen molar-refractivity contribution in [3.63, 3.8) is 0 Å². The molecule has 0 aromatic rings. The first kappa shape index (κ1) is 53.4. The maximum Gasteiger partial charge on any atom is 0.306 e. The molecule has 326 valence electrons. The minimum Gasteiger partial charge on any atom is -0.466 e. The third kappa shape index (κ3) is 33.1. The number of carbonyl (C=O) groups is 3. The van der Waals surface area contributed by atoms with Gasteiger partial charge in [0.05, 0.1) is 13.2 Å². The van der Waals surface area contributed by atoms with Gasteiger partial charge in [-0.3, -0.25) is 14.4 Å². The SMILES string of the molecule is CCC(C)C(CCCCCOC(=O)CCCCCCCC(CCCCCCCC(=O)OCCCC(CCC(C)C)C(C)C)OC(=O)CCCN(C)C)C(C)C. The Morgan fingerprint density at radius 1 is 0.491 bits per heavy atom. The van der Waals surface area contributed by atoms with Gasteiger partial charge in [0.2, 0.25) is 0 Å². The van der Waals surface area contributed by atoms with E-state index in [2.05, 4.69) is 60.3 Å². The molecule has 0 aliphatic rings. The predicted octanol–water partition coefficient (Wildman–Crippen LogP) is 13.2. The number of hydrogen-bond donors (Lipinski definition) is 0. The second-order valence-electron chi connectivity index (χ2n) is 18.3. The summed E-state index contributed by atoms with van der Waals surface area (Å²) < 4.78 is 17.0. The highest BCUT2D eigenvalue weighted by atomic mass is 16.5. The molecule has 0 heterocycles. The van der Waals surface area contributed by atoms with E-state index in [0.717, 1.165) is 139 Å². The lowest BCUT2D eigenvalue weighted by Crippen LogP contribution is -2.20. The van der Waals surface area contributed by atoms with E-state index in [1.54, 1.807) is 0 Å². The van der Waals surface area contributed by atoms with E-state index in [1.165, 1.54) is 32.1 Å². The van der Waals surface area contributed by atoms with Crippen LogP contribution >= 0.6 is 0 Å². The van der Waals surface area contributed by atoms with Crippen LogP contribution in [0, 0.1) is 35.5 Å². The summed E-state index contributed by atoms with van der Waals surface area (Å²) in [5.41, 5.74) is 0. The first-order valence-electron chi connectivity index (χ1n) is 23.4. The summed E-state index contributed by atoms with van der Waals surface area (Å²) in [6.45, 7) is 20.5. The van der Waals surface area contributed by atoms with Crippen molar-refractivity contribution in [2.45, 2.75) is 222 Å². The minimum atomic E-state index is -0.0787. The fourth-order valence-corrected chi connectivity index (χ4v) is 7.85. The van der Waals surface area contributed by atoms with Crippen molar-refractivity contribution in [1.82, 2.24) is 4.90 Å². The average molecular weight is 780 g/mol. The zero-order valence-corrected chi connectivity index (χ0v) is 38.2. The Bertz CT molecular complexity index is 918. The molecule has 0 saturated heterocycles. The molecule has 4 unspecified atom stereocenters. The van der Waals surface area contributed by atoms with E-state index < -0.39 is 0 Å². The van der Waals surface area contributed by atoms with Gasteiger partial charge >= 0.3 is 17.9 Å². The molecule has 0 fully saturated rings. The van der Waals surface area contributed by atoms with Crippen LogP contribution < -0.4 is 0 Å². The van der Waals surface area contributed by atoms with Gasteiger partial charge in [-0.05, 0) is 133 Å². The maximum atomic E-state index is 12.6. The van der Waals surface area contributed by atoms with Crippen molar-refractivity contribution < 1.29 is 28.6 Å². The van der Waals surface area contributed by atoms with Crippen molar-refractivity contribution in [3.8, 4) is 0 Å². The Labute approximate surface area is 341 Å². The average Bonchev–Trinajstić information content (AvgIpc) is 3.12. The summed E-state index contributed by atoms with van der Waals surface area (Å²) in [5.74, 6) is 4.24. The Kier molecular flexibility index (Phi) is 34.5. The third-order valence-electron chi connectivity index (χ3n) is 11.8. The molecule has 0 aromatic heterocycles. The van der Waals surface area contributed by atoms with Gasteiger partial charge in [0.1, 0.15) is 6.10 Å². The van der Waals surface area contributed by atoms with E-state index >= 15 is 0 Å². The molecule has 55 heavy (non-hydrogen) atoms. The number of esters is 3. The molecule has 7 nitrogen and oxygen atoms in total. The number of nitrogens with zero attached hydrogens (tertiary/aromatic N) is 1. The van der Waals surface area contributed by atoms with Crippen LogP contribution in [0.4, 0.5) is 0 Å². The number of carbonyl (C=O) groups excluding carboxylic acids is 3. The maximum absolute atomic E-state index is 12.6. The normalized spacial score (nSPS) is 14.1. The van der Waals surface area contributed by atoms with Gasteiger partial charge in [0, 0.05) is 19.3 Å². The molecule has 0 bridgehead atoms. The molecule has 0 spiro atoms. The topological polar surface area (TPSA) is 82.1 Å². The molecule has 7 heteroatoms. The Hall–Kier alpha value is -1.63. The van der Waals surface area contributed by atoms with E-state index in [1.807, 2.05) is 14.1 Å². The molecule has 0 aliphatic heterocycles. The van der Waals surface area contributed by atoms with E-state index in [9.17, 15) is 14.4 Å². The first-order valence-corrected chi connectivity index (χ1v) is 23.4. The van der Waals surface area contributed by atoms with Crippen LogP contribution in [-0.4, -0.2) is 62.8 Å². The first-order chi connectivity index (χ1) is 26.3. The summed E-state index contributed by atoms with van der Waals surface area (Å²) in [4.78, 5) is 39.2. The van der Waals surface area contributed by atoms with Crippen LogP contribution in [0.25, 0.3) is 0 Å².